The average Bonchev–Trinajstić information content (AvgIpc) is 2.18. The Morgan fingerprint density at radius 3 is 1.85 bits per heavy atom. The summed E-state index contributed by atoms with van der Waals surface area (Å²) < 4.78 is 12.5. The van der Waals surface area contributed by atoms with Gasteiger partial charge in [-0.3, -0.25) is 0 Å². The predicted molar refractivity (Wildman–Crippen MR) is 58.8 cm³/mol. The van der Waals surface area contributed by atoms with Gasteiger partial charge in [-0.25, -0.2) is 4.39 Å². The molecule has 0 fully saturated rings. The zero-order valence-corrected chi connectivity index (χ0v) is 9.74. The van der Waals surface area contributed by atoms with Gasteiger partial charge in [0.15, 0.2) is 0 Å². The summed E-state index contributed by atoms with van der Waals surface area (Å²) in [5.41, 5.74) is 0.624. The topological polar surface area (TPSA) is 0 Å². The van der Waals surface area contributed by atoms with E-state index in [2.05, 4.69) is 0 Å². The lowest BCUT2D eigenvalue weighted by Gasteiger charge is -1.93. The summed E-state index contributed by atoms with van der Waals surface area (Å²) in [6, 6.07) is 4.62. The number of benzene rings is 1. The third-order valence-electron chi connectivity index (χ3n) is 1.13. The summed E-state index contributed by atoms with van der Waals surface area (Å²) >= 11 is 5.48. The van der Waals surface area contributed by atoms with Crippen LogP contribution in [0.2, 0.25) is 5.02 Å². The van der Waals surface area contributed by atoms with Gasteiger partial charge >= 0.3 is 0 Å². The highest BCUT2D eigenvalue weighted by atomic mass is 35.5. The minimum absolute atomic E-state index is 0.248. The van der Waals surface area contributed by atoms with Gasteiger partial charge in [-0.05, 0) is 24.6 Å². The first-order valence-electron chi connectivity index (χ1n) is 4.62. The quantitative estimate of drug-likeness (QED) is 0.567. The molecule has 0 spiro atoms. The molecule has 0 nitrogen and oxygen atoms in total. The van der Waals surface area contributed by atoms with Crippen LogP contribution >= 0.6 is 11.6 Å². The fourth-order valence-electron chi connectivity index (χ4n) is 0.567. The Labute approximate surface area is 85.7 Å². The van der Waals surface area contributed by atoms with E-state index >= 15 is 0 Å². The van der Waals surface area contributed by atoms with E-state index in [4.69, 9.17) is 11.6 Å². The lowest BCUT2D eigenvalue weighted by molar-refractivity contribution is 0.618. The minimum atomic E-state index is -0.248. The molecule has 0 aliphatic heterocycles. The van der Waals surface area contributed by atoms with E-state index in [0.717, 1.165) is 0 Å². The van der Waals surface area contributed by atoms with E-state index in [9.17, 15) is 4.39 Å². The van der Waals surface area contributed by atoms with Gasteiger partial charge in [0.05, 0.1) is 0 Å². The van der Waals surface area contributed by atoms with Gasteiger partial charge in [-0.1, -0.05) is 45.4 Å². The van der Waals surface area contributed by atoms with Crippen molar-refractivity contribution in [1.82, 2.24) is 0 Å². The van der Waals surface area contributed by atoms with E-state index in [0.29, 0.717) is 10.6 Å². The Hall–Kier alpha value is -0.560. The Kier molecular flexibility index (Phi) is 10.9. The third-order valence-corrected chi connectivity index (χ3v) is 1.37. The molecule has 0 atom stereocenters. The number of hydrogen-bond acceptors (Lipinski definition) is 0. The molecule has 1 aromatic carbocycles. The van der Waals surface area contributed by atoms with E-state index in [-0.39, 0.29) is 5.82 Å². The van der Waals surface area contributed by atoms with Crippen molar-refractivity contribution in [1.29, 1.82) is 0 Å². The largest absolute Gasteiger partial charge is 0.207 e. The molecule has 0 saturated carbocycles. The second kappa shape index (κ2) is 9.53. The number of halogens is 2. The molecule has 1 aromatic rings. The van der Waals surface area contributed by atoms with Gasteiger partial charge in [0.2, 0.25) is 0 Å². The summed E-state index contributed by atoms with van der Waals surface area (Å²) in [6.07, 6.45) is 0. The molecule has 0 radical (unpaired) electrons. The number of rotatable bonds is 0. The maximum absolute atomic E-state index is 12.5. The molecule has 13 heavy (non-hydrogen) atoms. The number of hydrogen-bond donors (Lipinski definition) is 0. The van der Waals surface area contributed by atoms with Crippen molar-refractivity contribution in [3.8, 4) is 0 Å². The normalized spacial score (nSPS) is 7.62. The SMILES string of the molecule is CC.CC.Cc1ccc(Cl)cc1F. The molecule has 0 unspecified atom stereocenters. The van der Waals surface area contributed by atoms with Crippen LogP contribution in [0.4, 0.5) is 4.39 Å². The van der Waals surface area contributed by atoms with Gasteiger partial charge in [-0.15, -0.1) is 0 Å². The lowest BCUT2D eigenvalue weighted by Crippen LogP contribution is -1.78. The van der Waals surface area contributed by atoms with Crippen LogP contribution in [0, 0.1) is 12.7 Å². The first-order valence-corrected chi connectivity index (χ1v) is 4.99. The van der Waals surface area contributed by atoms with E-state index < -0.39 is 0 Å². The van der Waals surface area contributed by atoms with Crippen LogP contribution in [-0.2, 0) is 0 Å². The average molecular weight is 205 g/mol. The van der Waals surface area contributed by atoms with Crippen LogP contribution < -0.4 is 0 Å². The zero-order valence-electron chi connectivity index (χ0n) is 8.99. The summed E-state index contributed by atoms with van der Waals surface area (Å²) in [4.78, 5) is 0. The van der Waals surface area contributed by atoms with Gasteiger partial charge in [0, 0.05) is 5.02 Å². The maximum atomic E-state index is 12.5. The molecule has 0 heterocycles. The molecule has 0 aliphatic carbocycles. The van der Waals surface area contributed by atoms with Crippen molar-refractivity contribution in [3.63, 3.8) is 0 Å². The monoisotopic (exact) mass is 204 g/mol. The van der Waals surface area contributed by atoms with E-state index in [1.807, 2.05) is 27.7 Å². The summed E-state index contributed by atoms with van der Waals surface area (Å²) in [7, 11) is 0. The molecular formula is C11H18ClF. The molecule has 1 rings (SSSR count). The van der Waals surface area contributed by atoms with Crippen molar-refractivity contribution < 1.29 is 4.39 Å². The van der Waals surface area contributed by atoms with Crippen LogP contribution in [0.15, 0.2) is 18.2 Å². The zero-order chi connectivity index (χ0) is 10.9. The standard InChI is InChI=1S/C7H6ClF.2C2H6/c1-5-2-3-6(8)4-7(5)9;2*1-2/h2-4H,1H3;2*1-2H3. The molecule has 0 bridgehead atoms. The highest BCUT2D eigenvalue weighted by Gasteiger charge is 1.94. The molecule has 76 valence electrons. The fourth-order valence-corrected chi connectivity index (χ4v) is 0.726. The molecule has 0 aliphatic rings. The van der Waals surface area contributed by atoms with Crippen molar-refractivity contribution in [2.75, 3.05) is 0 Å². The Balaban J connectivity index is 0. The highest BCUT2D eigenvalue weighted by molar-refractivity contribution is 6.30. The molecule has 0 aromatic heterocycles. The molecule has 0 N–H and O–H groups in total. The minimum Gasteiger partial charge on any atom is -0.207 e. The van der Waals surface area contributed by atoms with Crippen LogP contribution in [0.5, 0.6) is 0 Å². The second-order valence-corrected chi connectivity index (χ2v) is 2.33. The summed E-state index contributed by atoms with van der Waals surface area (Å²) in [5, 5.41) is 0.443. The second-order valence-electron chi connectivity index (χ2n) is 1.89. The van der Waals surface area contributed by atoms with Crippen LogP contribution in [0.1, 0.15) is 33.3 Å². The predicted octanol–water partition coefficient (Wildman–Crippen LogP) is 4.84. The Bertz CT molecular complexity index is 221. The van der Waals surface area contributed by atoms with Crippen LogP contribution in [0.3, 0.4) is 0 Å². The van der Waals surface area contributed by atoms with Gasteiger partial charge in [0.1, 0.15) is 5.82 Å². The first kappa shape index (κ1) is 14.9. The van der Waals surface area contributed by atoms with Crippen LogP contribution in [-0.4, -0.2) is 0 Å². The molecule has 0 saturated heterocycles. The highest BCUT2D eigenvalue weighted by Crippen LogP contribution is 2.12. The number of aryl methyl sites for hydroxylation is 1. The Morgan fingerprint density at radius 1 is 1.08 bits per heavy atom. The smallest absolute Gasteiger partial charge is 0.127 e. The van der Waals surface area contributed by atoms with Crippen molar-refractivity contribution in [3.05, 3.63) is 34.6 Å². The summed E-state index contributed by atoms with van der Waals surface area (Å²) in [6.45, 7) is 9.70. The van der Waals surface area contributed by atoms with Crippen molar-refractivity contribution >= 4 is 11.6 Å². The maximum Gasteiger partial charge on any atom is 0.127 e. The molecular weight excluding hydrogens is 187 g/mol. The molecule has 0 amide bonds. The van der Waals surface area contributed by atoms with Crippen LogP contribution in [0.25, 0.3) is 0 Å². The van der Waals surface area contributed by atoms with Crippen molar-refractivity contribution in [2.45, 2.75) is 34.6 Å². The molecule has 2 heteroatoms. The van der Waals surface area contributed by atoms with E-state index in [1.54, 1.807) is 19.1 Å². The lowest BCUT2D eigenvalue weighted by atomic mass is 10.2. The third kappa shape index (κ3) is 6.59. The summed E-state index contributed by atoms with van der Waals surface area (Å²) in [5.74, 6) is -0.248. The van der Waals surface area contributed by atoms with Gasteiger partial charge in [0.25, 0.3) is 0 Å². The van der Waals surface area contributed by atoms with Crippen molar-refractivity contribution in [2.24, 2.45) is 0 Å². The van der Waals surface area contributed by atoms with E-state index in [1.165, 1.54) is 6.07 Å². The van der Waals surface area contributed by atoms with Gasteiger partial charge < -0.3 is 0 Å². The fraction of sp³-hybridized carbons (Fsp3) is 0.455. The first-order chi connectivity index (χ1) is 6.20. The Morgan fingerprint density at radius 2 is 1.54 bits per heavy atom. The van der Waals surface area contributed by atoms with Gasteiger partial charge in [-0.2, -0.15) is 0 Å².